The van der Waals surface area contributed by atoms with E-state index in [-0.39, 0.29) is 5.97 Å². The Balaban J connectivity index is 1.50. The van der Waals surface area contributed by atoms with Crippen molar-refractivity contribution in [2.24, 2.45) is 0 Å². The molecule has 138 valence electrons. The van der Waals surface area contributed by atoms with E-state index in [1.54, 1.807) is 24.3 Å². The summed E-state index contributed by atoms with van der Waals surface area (Å²) in [5.41, 5.74) is 2.45. The summed E-state index contributed by atoms with van der Waals surface area (Å²) in [5, 5.41) is 0. The maximum Gasteiger partial charge on any atom is 0.343 e. The Morgan fingerprint density at radius 1 is 0.778 bits per heavy atom. The highest BCUT2D eigenvalue weighted by molar-refractivity contribution is 5.91. The van der Waals surface area contributed by atoms with Gasteiger partial charge < -0.3 is 14.2 Å². The van der Waals surface area contributed by atoms with Crippen molar-refractivity contribution in [2.45, 2.75) is 13.8 Å². The third-order valence-corrected chi connectivity index (χ3v) is 4.00. The number of esters is 1. The molecule has 3 aromatic rings. The summed E-state index contributed by atoms with van der Waals surface area (Å²) in [4.78, 5) is 12.3. The summed E-state index contributed by atoms with van der Waals surface area (Å²) >= 11 is 0. The predicted molar refractivity (Wildman–Crippen MR) is 105 cm³/mol. The molecule has 0 unspecified atom stereocenters. The van der Waals surface area contributed by atoms with E-state index in [0.717, 1.165) is 16.9 Å². The quantitative estimate of drug-likeness (QED) is 0.338. The Labute approximate surface area is 159 Å². The fourth-order valence-electron chi connectivity index (χ4n) is 2.50. The van der Waals surface area contributed by atoms with Crippen LogP contribution in [0.25, 0.3) is 0 Å². The van der Waals surface area contributed by atoms with Crippen molar-refractivity contribution in [1.82, 2.24) is 0 Å². The van der Waals surface area contributed by atoms with Gasteiger partial charge in [0.1, 0.15) is 30.5 Å². The monoisotopic (exact) mass is 362 g/mol. The van der Waals surface area contributed by atoms with Crippen molar-refractivity contribution in [1.29, 1.82) is 0 Å². The molecular formula is C23H22O4. The lowest BCUT2D eigenvalue weighted by Gasteiger charge is -2.10. The second kappa shape index (κ2) is 8.90. The molecule has 3 rings (SSSR count). The summed E-state index contributed by atoms with van der Waals surface area (Å²) < 4.78 is 16.7. The molecule has 0 spiro atoms. The lowest BCUT2D eigenvalue weighted by Crippen LogP contribution is -2.10. The molecule has 0 aliphatic carbocycles. The van der Waals surface area contributed by atoms with E-state index in [9.17, 15) is 4.79 Å². The van der Waals surface area contributed by atoms with Gasteiger partial charge in [0.05, 0.1) is 5.56 Å². The molecular weight excluding hydrogens is 340 g/mol. The van der Waals surface area contributed by atoms with Crippen LogP contribution in [0.4, 0.5) is 0 Å². The number of para-hydroxylation sites is 1. The normalized spacial score (nSPS) is 10.3. The van der Waals surface area contributed by atoms with Gasteiger partial charge in [-0.3, -0.25) is 0 Å². The first-order valence-corrected chi connectivity index (χ1v) is 8.82. The molecule has 3 aromatic carbocycles. The highest BCUT2D eigenvalue weighted by atomic mass is 16.5. The van der Waals surface area contributed by atoms with Gasteiger partial charge in [-0.05, 0) is 67.4 Å². The van der Waals surface area contributed by atoms with Gasteiger partial charge in [0.25, 0.3) is 0 Å². The first-order valence-electron chi connectivity index (χ1n) is 8.82. The molecule has 0 saturated carbocycles. The van der Waals surface area contributed by atoms with Crippen LogP contribution in [0.15, 0.2) is 72.8 Å². The molecule has 0 radical (unpaired) electrons. The molecule has 0 aliphatic rings. The molecule has 0 atom stereocenters. The first kappa shape index (κ1) is 18.5. The van der Waals surface area contributed by atoms with Gasteiger partial charge in [-0.1, -0.05) is 30.3 Å². The maximum atomic E-state index is 12.3. The SMILES string of the molecule is Cc1ccc(C)c(OC(=O)c2ccc(OCCOc3ccccc3)cc2)c1. The van der Waals surface area contributed by atoms with Crippen LogP contribution in [-0.4, -0.2) is 19.2 Å². The minimum Gasteiger partial charge on any atom is -0.490 e. The molecule has 0 fully saturated rings. The van der Waals surface area contributed by atoms with E-state index in [4.69, 9.17) is 14.2 Å². The molecule has 0 saturated heterocycles. The molecule has 0 amide bonds. The Hall–Kier alpha value is -3.27. The molecule has 0 N–H and O–H groups in total. The lowest BCUT2D eigenvalue weighted by molar-refractivity contribution is 0.0733. The first-order chi connectivity index (χ1) is 13.1. The van der Waals surface area contributed by atoms with Crippen LogP contribution in [-0.2, 0) is 0 Å². The Kier molecular flexibility index (Phi) is 6.10. The number of ether oxygens (including phenoxy) is 3. The fraction of sp³-hybridized carbons (Fsp3) is 0.174. The largest absolute Gasteiger partial charge is 0.490 e. The minimum atomic E-state index is -0.386. The molecule has 0 bridgehead atoms. The van der Waals surface area contributed by atoms with Crippen LogP contribution in [0.2, 0.25) is 0 Å². The number of carbonyl (C=O) groups excluding carboxylic acids is 1. The number of carbonyl (C=O) groups is 1. The third kappa shape index (κ3) is 5.35. The van der Waals surface area contributed by atoms with Crippen LogP contribution in [0.1, 0.15) is 21.5 Å². The number of hydrogen-bond donors (Lipinski definition) is 0. The van der Waals surface area contributed by atoms with Gasteiger partial charge in [0.2, 0.25) is 0 Å². The third-order valence-electron chi connectivity index (χ3n) is 4.00. The van der Waals surface area contributed by atoms with Gasteiger partial charge in [-0.15, -0.1) is 0 Å². The zero-order valence-corrected chi connectivity index (χ0v) is 15.5. The van der Waals surface area contributed by atoms with Crippen molar-refractivity contribution >= 4 is 5.97 Å². The van der Waals surface area contributed by atoms with Crippen molar-refractivity contribution in [3.8, 4) is 17.2 Å². The van der Waals surface area contributed by atoms with Gasteiger partial charge in [-0.25, -0.2) is 4.79 Å². The fourth-order valence-corrected chi connectivity index (χ4v) is 2.50. The van der Waals surface area contributed by atoms with E-state index < -0.39 is 0 Å². The van der Waals surface area contributed by atoms with Gasteiger partial charge in [-0.2, -0.15) is 0 Å². The number of benzene rings is 3. The Bertz CT molecular complexity index is 886. The average Bonchev–Trinajstić information content (AvgIpc) is 2.69. The Morgan fingerprint density at radius 3 is 2.07 bits per heavy atom. The highest BCUT2D eigenvalue weighted by Gasteiger charge is 2.10. The standard InChI is InChI=1S/C23H22O4/c1-17-8-9-18(2)22(16-17)27-23(24)19-10-12-21(13-11-19)26-15-14-25-20-6-4-3-5-7-20/h3-13,16H,14-15H2,1-2H3. The van der Waals surface area contributed by atoms with Gasteiger partial charge in [0, 0.05) is 0 Å². The van der Waals surface area contributed by atoms with E-state index in [1.165, 1.54) is 0 Å². The van der Waals surface area contributed by atoms with Gasteiger partial charge in [0.15, 0.2) is 0 Å². The van der Waals surface area contributed by atoms with Crippen LogP contribution in [0.5, 0.6) is 17.2 Å². The van der Waals surface area contributed by atoms with Crippen molar-refractivity contribution in [2.75, 3.05) is 13.2 Å². The molecule has 4 nitrogen and oxygen atoms in total. The van der Waals surface area contributed by atoms with E-state index in [2.05, 4.69) is 0 Å². The second-order valence-corrected chi connectivity index (χ2v) is 6.19. The highest BCUT2D eigenvalue weighted by Crippen LogP contribution is 2.21. The Morgan fingerprint density at radius 2 is 1.41 bits per heavy atom. The number of hydrogen-bond acceptors (Lipinski definition) is 4. The summed E-state index contributed by atoms with van der Waals surface area (Å²) in [5.74, 6) is 1.68. The molecule has 0 aromatic heterocycles. The second-order valence-electron chi connectivity index (χ2n) is 6.19. The van der Waals surface area contributed by atoms with E-state index in [1.807, 2.05) is 62.4 Å². The van der Waals surface area contributed by atoms with Crippen molar-refractivity contribution in [3.63, 3.8) is 0 Å². The molecule has 4 heteroatoms. The average molecular weight is 362 g/mol. The van der Waals surface area contributed by atoms with Crippen LogP contribution in [0.3, 0.4) is 0 Å². The van der Waals surface area contributed by atoms with Crippen LogP contribution < -0.4 is 14.2 Å². The maximum absolute atomic E-state index is 12.3. The van der Waals surface area contributed by atoms with Crippen molar-refractivity contribution in [3.05, 3.63) is 89.5 Å². The summed E-state index contributed by atoms with van der Waals surface area (Å²) in [7, 11) is 0. The number of rotatable bonds is 7. The smallest absolute Gasteiger partial charge is 0.343 e. The van der Waals surface area contributed by atoms with Crippen LogP contribution in [0, 0.1) is 13.8 Å². The summed E-state index contributed by atoms with van der Waals surface area (Å²) in [6.07, 6.45) is 0. The zero-order valence-electron chi connectivity index (χ0n) is 15.5. The lowest BCUT2D eigenvalue weighted by atomic mass is 10.1. The van der Waals surface area contributed by atoms with Gasteiger partial charge >= 0.3 is 5.97 Å². The van der Waals surface area contributed by atoms with E-state index in [0.29, 0.717) is 30.3 Å². The number of aryl methyl sites for hydroxylation is 2. The minimum absolute atomic E-state index is 0.386. The van der Waals surface area contributed by atoms with E-state index >= 15 is 0 Å². The summed E-state index contributed by atoms with van der Waals surface area (Å²) in [6, 6.07) is 22.3. The zero-order chi connectivity index (χ0) is 19.1. The van der Waals surface area contributed by atoms with Crippen LogP contribution >= 0.6 is 0 Å². The predicted octanol–water partition coefficient (Wildman–Crippen LogP) is 4.98. The summed E-state index contributed by atoms with van der Waals surface area (Å²) in [6.45, 7) is 4.74. The molecule has 0 aliphatic heterocycles. The topological polar surface area (TPSA) is 44.8 Å². The molecule has 0 heterocycles. The van der Waals surface area contributed by atoms with Crippen molar-refractivity contribution < 1.29 is 19.0 Å². The molecule has 27 heavy (non-hydrogen) atoms.